The van der Waals surface area contributed by atoms with Crippen LogP contribution >= 0.6 is 23.1 Å². The number of carbonyl (C=O) groups is 1. The summed E-state index contributed by atoms with van der Waals surface area (Å²) in [6.45, 7) is 0. The Morgan fingerprint density at radius 3 is 3.05 bits per heavy atom. The average Bonchev–Trinajstić information content (AvgIpc) is 3.19. The third kappa shape index (κ3) is 3.96. The molecule has 0 spiro atoms. The largest absolute Gasteiger partial charge is 0.355 e. The monoisotopic (exact) mass is 331 g/mol. The fourth-order valence-corrected chi connectivity index (χ4v) is 3.16. The van der Waals surface area contributed by atoms with Gasteiger partial charge in [-0.2, -0.15) is 0 Å². The van der Waals surface area contributed by atoms with E-state index in [4.69, 9.17) is 4.52 Å². The zero-order valence-corrected chi connectivity index (χ0v) is 13.2. The molecule has 0 unspecified atom stereocenters. The van der Waals surface area contributed by atoms with Crippen molar-refractivity contribution in [1.82, 2.24) is 10.1 Å². The molecule has 0 saturated heterocycles. The molecular formula is C15H13N3O2S2. The third-order valence-corrected chi connectivity index (χ3v) is 4.59. The molecule has 0 aliphatic carbocycles. The predicted octanol–water partition coefficient (Wildman–Crippen LogP) is 3.67. The lowest BCUT2D eigenvalue weighted by atomic mass is 10.3. The van der Waals surface area contributed by atoms with Gasteiger partial charge < -0.3 is 9.84 Å². The van der Waals surface area contributed by atoms with Crippen LogP contribution in [-0.4, -0.2) is 21.8 Å². The summed E-state index contributed by atoms with van der Waals surface area (Å²) in [4.78, 5) is 16.9. The van der Waals surface area contributed by atoms with Crippen molar-refractivity contribution in [2.45, 2.75) is 5.75 Å². The maximum atomic E-state index is 11.8. The molecule has 0 atom stereocenters. The molecule has 7 heteroatoms. The molecule has 1 N–H and O–H groups in total. The fourth-order valence-electron chi connectivity index (χ4n) is 1.78. The van der Waals surface area contributed by atoms with E-state index in [2.05, 4.69) is 15.5 Å². The van der Waals surface area contributed by atoms with E-state index in [0.29, 0.717) is 17.3 Å². The van der Waals surface area contributed by atoms with Gasteiger partial charge >= 0.3 is 0 Å². The Kier molecular flexibility index (Phi) is 4.87. The number of pyridine rings is 1. The number of aromatic nitrogens is 2. The second kappa shape index (κ2) is 7.24. The van der Waals surface area contributed by atoms with Gasteiger partial charge in [0.25, 0.3) is 0 Å². The number of thiophene rings is 1. The number of hydrogen-bond acceptors (Lipinski definition) is 6. The molecule has 3 rings (SSSR count). The molecule has 0 bridgehead atoms. The van der Waals surface area contributed by atoms with E-state index < -0.39 is 0 Å². The first kappa shape index (κ1) is 14.8. The Hall–Kier alpha value is -2.12. The van der Waals surface area contributed by atoms with Gasteiger partial charge in [-0.15, -0.1) is 23.1 Å². The van der Waals surface area contributed by atoms with Crippen molar-refractivity contribution in [3.05, 3.63) is 53.7 Å². The maximum absolute atomic E-state index is 11.8. The van der Waals surface area contributed by atoms with Crippen LogP contribution in [0, 0.1) is 0 Å². The average molecular weight is 331 g/mol. The fraction of sp³-hybridized carbons (Fsp3) is 0.133. The lowest BCUT2D eigenvalue weighted by molar-refractivity contribution is -0.113. The van der Waals surface area contributed by atoms with Crippen molar-refractivity contribution >= 4 is 34.8 Å². The van der Waals surface area contributed by atoms with E-state index in [1.54, 1.807) is 29.7 Å². The Labute approximate surface area is 135 Å². The Morgan fingerprint density at radius 1 is 1.32 bits per heavy atom. The lowest BCUT2D eigenvalue weighted by Gasteiger charge is -2.02. The molecule has 22 heavy (non-hydrogen) atoms. The molecule has 1 amide bonds. The molecule has 0 fully saturated rings. The van der Waals surface area contributed by atoms with Crippen molar-refractivity contribution in [2.24, 2.45) is 0 Å². The van der Waals surface area contributed by atoms with E-state index >= 15 is 0 Å². The van der Waals surface area contributed by atoms with Gasteiger partial charge in [0.15, 0.2) is 5.76 Å². The van der Waals surface area contributed by atoms with E-state index in [-0.39, 0.29) is 5.91 Å². The molecule has 5 nitrogen and oxygen atoms in total. The van der Waals surface area contributed by atoms with Gasteiger partial charge in [0.05, 0.1) is 16.3 Å². The molecule has 0 aliphatic rings. The Morgan fingerprint density at radius 2 is 2.27 bits per heavy atom. The molecule has 3 aromatic heterocycles. The summed E-state index contributed by atoms with van der Waals surface area (Å²) in [5, 5.41) is 8.76. The standard InChI is InChI=1S/C15H13N3O2S2/c19-15(17-14-5-1-2-6-16-14)10-21-9-11-8-12(20-18-11)13-4-3-7-22-13/h1-8H,9-10H2,(H,16,17,19). The van der Waals surface area contributed by atoms with Crippen molar-refractivity contribution in [3.8, 4) is 10.6 Å². The number of hydrogen-bond donors (Lipinski definition) is 1. The zero-order valence-electron chi connectivity index (χ0n) is 11.6. The topological polar surface area (TPSA) is 68.0 Å². The Balaban J connectivity index is 1.46. The molecular weight excluding hydrogens is 318 g/mol. The summed E-state index contributed by atoms with van der Waals surface area (Å²) in [5.41, 5.74) is 0.832. The first-order valence-electron chi connectivity index (χ1n) is 6.59. The molecule has 3 heterocycles. The quantitative estimate of drug-likeness (QED) is 0.746. The normalized spacial score (nSPS) is 10.5. The van der Waals surface area contributed by atoms with E-state index in [9.17, 15) is 4.79 Å². The van der Waals surface area contributed by atoms with Crippen LogP contribution in [-0.2, 0) is 10.5 Å². The van der Waals surface area contributed by atoms with Gasteiger partial charge in [-0.3, -0.25) is 4.79 Å². The predicted molar refractivity (Wildman–Crippen MR) is 88.8 cm³/mol. The Bertz CT molecular complexity index is 726. The highest BCUT2D eigenvalue weighted by molar-refractivity contribution is 7.99. The van der Waals surface area contributed by atoms with Crippen LogP contribution in [0.2, 0.25) is 0 Å². The summed E-state index contributed by atoms with van der Waals surface area (Å²) >= 11 is 3.09. The van der Waals surface area contributed by atoms with Gasteiger partial charge in [0, 0.05) is 18.0 Å². The van der Waals surface area contributed by atoms with Crippen LogP contribution in [0.1, 0.15) is 5.69 Å². The first-order chi connectivity index (χ1) is 10.8. The molecule has 0 saturated carbocycles. The summed E-state index contributed by atoms with van der Waals surface area (Å²) < 4.78 is 5.30. The number of rotatable bonds is 6. The number of anilines is 1. The SMILES string of the molecule is O=C(CSCc1cc(-c2cccs2)on1)Nc1ccccn1. The van der Waals surface area contributed by atoms with Gasteiger partial charge in [-0.25, -0.2) is 4.98 Å². The van der Waals surface area contributed by atoms with Crippen molar-refractivity contribution in [1.29, 1.82) is 0 Å². The smallest absolute Gasteiger partial charge is 0.235 e. The number of nitrogens with one attached hydrogen (secondary N) is 1. The second-order valence-corrected chi connectivity index (χ2v) is 6.35. The summed E-state index contributed by atoms with van der Waals surface area (Å²) in [6, 6.07) is 11.3. The van der Waals surface area contributed by atoms with Gasteiger partial charge in [-0.05, 0) is 23.6 Å². The number of thioether (sulfide) groups is 1. The summed E-state index contributed by atoms with van der Waals surface area (Å²) in [6.07, 6.45) is 1.64. The summed E-state index contributed by atoms with van der Waals surface area (Å²) in [7, 11) is 0. The first-order valence-corrected chi connectivity index (χ1v) is 8.63. The highest BCUT2D eigenvalue weighted by Crippen LogP contribution is 2.26. The van der Waals surface area contributed by atoms with Crippen LogP contribution < -0.4 is 5.32 Å². The molecule has 112 valence electrons. The lowest BCUT2D eigenvalue weighted by Crippen LogP contribution is -2.14. The van der Waals surface area contributed by atoms with Crippen LogP contribution in [0.4, 0.5) is 5.82 Å². The highest BCUT2D eigenvalue weighted by Gasteiger charge is 2.09. The van der Waals surface area contributed by atoms with Crippen LogP contribution in [0.5, 0.6) is 0 Å². The highest BCUT2D eigenvalue weighted by atomic mass is 32.2. The minimum Gasteiger partial charge on any atom is -0.355 e. The van der Waals surface area contributed by atoms with E-state index in [1.165, 1.54) is 11.8 Å². The van der Waals surface area contributed by atoms with Gasteiger partial charge in [-0.1, -0.05) is 17.3 Å². The van der Waals surface area contributed by atoms with Gasteiger partial charge in [0.1, 0.15) is 5.82 Å². The minimum atomic E-state index is -0.0781. The molecule has 0 aromatic carbocycles. The second-order valence-electron chi connectivity index (χ2n) is 4.42. The van der Waals surface area contributed by atoms with Crippen LogP contribution in [0.15, 0.2) is 52.5 Å². The minimum absolute atomic E-state index is 0.0781. The van der Waals surface area contributed by atoms with Crippen LogP contribution in [0.25, 0.3) is 10.6 Å². The van der Waals surface area contributed by atoms with Crippen molar-refractivity contribution in [2.75, 3.05) is 11.1 Å². The number of amides is 1. The number of carbonyl (C=O) groups excluding carboxylic acids is 1. The third-order valence-electron chi connectivity index (χ3n) is 2.74. The molecule has 3 aromatic rings. The zero-order chi connectivity index (χ0) is 15.2. The van der Waals surface area contributed by atoms with Crippen LogP contribution in [0.3, 0.4) is 0 Å². The summed E-state index contributed by atoms with van der Waals surface area (Å²) in [5.74, 6) is 2.23. The van der Waals surface area contributed by atoms with E-state index in [1.807, 2.05) is 29.6 Å². The van der Waals surface area contributed by atoms with E-state index in [0.717, 1.165) is 16.3 Å². The van der Waals surface area contributed by atoms with Crippen molar-refractivity contribution in [3.63, 3.8) is 0 Å². The number of nitrogens with zero attached hydrogens (tertiary/aromatic N) is 2. The maximum Gasteiger partial charge on any atom is 0.235 e. The van der Waals surface area contributed by atoms with Crippen molar-refractivity contribution < 1.29 is 9.32 Å². The molecule has 0 aliphatic heterocycles. The molecule has 0 radical (unpaired) electrons. The van der Waals surface area contributed by atoms with Gasteiger partial charge in [0.2, 0.25) is 5.91 Å².